The van der Waals surface area contributed by atoms with Crippen LogP contribution in [0.4, 0.5) is 0 Å². The molecule has 2 fully saturated rings. The number of hydrogen-bond acceptors (Lipinski definition) is 3. The van der Waals surface area contributed by atoms with Crippen LogP contribution in [0.15, 0.2) is 0 Å². The number of aliphatic hydroxyl groups excluding tert-OH is 1. The van der Waals surface area contributed by atoms with Gasteiger partial charge in [0.1, 0.15) is 0 Å². The summed E-state index contributed by atoms with van der Waals surface area (Å²) >= 11 is 0. The van der Waals surface area contributed by atoms with Crippen LogP contribution in [0.1, 0.15) is 25.7 Å². The summed E-state index contributed by atoms with van der Waals surface area (Å²) in [5.74, 6) is 0.914. The van der Waals surface area contributed by atoms with Crippen molar-refractivity contribution in [3.63, 3.8) is 0 Å². The molecule has 1 saturated carbocycles. The number of aliphatic hydroxyl groups is 1. The van der Waals surface area contributed by atoms with Crippen LogP contribution < -0.4 is 0 Å². The summed E-state index contributed by atoms with van der Waals surface area (Å²) in [6.07, 6.45) is 3.29. The zero-order valence-electron chi connectivity index (χ0n) is 9.89. The molecule has 1 amide bonds. The lowest BCUT2D eigenvalue weighted by atomic mass is 9.82. The van der Waals surface area contributed by atoms with E-state index in [2.05, 4.69) is 0 Å². The molecule has 2 aliphatic rings. The molecule has 1 saturated heterocycles. The van der Waals surface area contributed by atoms with Gasteiger partial charge >= 0.3 is 0 Å². The van der Waals surface area contributed by atoms with E-state index < -0.39 is 0 Å². The zero-order valence-corrected chi connectivity index (χ0v) is 9.89. The Bertz CT molecular complexity index is 245. The second kappa shape index (κ2) is 5.15. The van der Waals surface area contributed by atoms with Crippen molar-refractivity contribution in [3.05, 3.63) is 0 Å². The maximum absolute atomic E-state index is 12.1. The minimum Gasteiger partial charge on any atom is -0.393 e. The third-order valence-electron chi connectivity index (χ3n) is 3.69. The highest BCUT2D eigenvalue weighted by atomic mass is 16.5. The zero-order chi connectivity index (χ0) is 11.5. The lowest BCUT2D eigenvalue weighted by Crippen LogP contribution is -2.42. The third kappa shape index (κ3) is 2.74. The highest BCUT2D eigenvalue weighted by molar-refractivity contribution is 5.78. The molecule has 1 aliphatic heterocycles. The van der Waals surface area contributed by atoms with E-state index >= 15 is 0 Å². The Morgan fingerprint density at radius 1 is 1.38 bits per heavy atom. The first-order valence-corrected chi connectivity index (χ1v) is 6.17. The Labute approximate surface area is 96.6 Å². The van der Waals surface area contributed by atoms with Gasteiger partial charge in [0.05, 0.1) is 6.10 Å². The SMILES string of the molecule is CN(CC1CC(O)C1)C(=O)C1CCOCC1. The minimum atomic E-state index is -0.128. The molecular formula is C12H21NO3. The topological polar surface area (TPSA) is 49.8 Å². The average molecular weight is 227 g/mol. The summed E-state index contributed by atoms with van der Waals surface area (Å²) in [7, 11) is 1.88. The largest absolute Gasteiger partial charge is 0.393 e. The maximum atomic E-state index is 12.1. The van der Waals surface area contributed by atoms with E-state index in [1.165, 1.54) is 0 Å². The highest BCUT2D eigenvalue weighted by Crippen LogP contribution is 2.28. The van der Waals surface area contributed by atoms with E-state index in [1.807, 2.05) is 11.9 Å². The normalized spacial score (nSPS) is 30.9. The van der Waals surface area contributed by atoms with Crippen molar-refractivity contribution < 1.29 is 14.6 Å². The van der Waals surface area contributed by atoms with E-state index in [4.69, 9.17) is 4.74 Å². The second-order valence-corrected chi connectivity index (χ2v) is 5.10. The van der Waals surface area contributed by atoms with Crippen LogP contribution in [0.3, 0.4) is 0 Å². The van der Waals surface area contributed by atoms with Gasteiger partial charge in [0.25, 0.3) is 0 Å². The quantitative estimate of drug-likeness (QED) is 0.770. The predicted octanol–water partition coefficient (Wildman–Crippen LogP) is 0.642. The lowest BCUT2D eigenvalue weighted by Gasteiger charge is -2.35. The molecule has 0 aromatic heterocycles. The van der Waals surface area contributed by atoms with Gasteiger partial charge in [0.2, 0.25) is 5.91 Å². The first-order chi connectivity index (χ1) is 7.66. The number of amides is 1. The van der Waals surface area contributed by atoms with E-state index in [0.29, 0.717) is 19.1 Å². The fourth-order valence-electron chi connectivity index (χ4n) is 2.58. The van der Waals surface area contributed by atoms with Crippen molar-refractivity contribution in [2.75, 3.05) is 26.8 Å². The average Bonchev–Trinajstić information content (AvgIpc) is 2.27. The molecule has 0 atom stereocenters. The molecule has 1 N–H and O–H groups in total. The van der Waals surface area contributed by atoms with Crippen LogP contribution in [-0.2, 0) is 9.53 Å². The van der Waals surface area contributed by atoms with Crippen molar-refractivity contribution in [1.82, 2.24) is 4.90 Å². The molecule has 4 heteroatoms. The van der Waals surface area contributed by atoms with Gasteiger partial charge < -0.3 is 14.7 Å². The van der Waals surface area contributed by atoms with Crippen LogP contribution in [0.2, 0.25) is 0 Å². The Morgan fingerprint density at radius 3 is 2.56 bits per heavy atom. The van der Waals surface area contributed by atoms with Gasteiger partial charge in [-0.15, -0.1) is 0 Å². The lowest BCUT2D eigenvalue weighted by molar-refractivity contribution is -0.138. The Balaban J connectivity index is 1.74. The van der Waals surface area contributed by atoms with Gasteiger partial charge in [-0.1, -0.05) is 0 Å². The molecule has 92 valence electrons. The van der Waals surface area contributed by atoms with Crippen LogP contribution in [0, 0.1) is 11.8 Å². The van der Waals surface area contributed by atoms with Crippen LogP contribution in [0.25, 0.3) is 0 Å². The van der Waals surface area contributed by atoms with Crippen LogP contribution in [0.5, 0.6) is 0 Å². The van der Waals surface area contributed by atoms with Gasteiger partial charge in [-0.25, -0.2) is 0 Å². The Morgan fingerprint density at radius 2 is 2.00 bits per heavy atom. The number of rotatable bonds is 3. The molecule has 0 unspecified atom stereocenters. The summed E-state index contributed by atoms with van der Waals surface area (Å²) in [5, 5.41) is 9.20. The van der Waals surface area contributed by atoms with E-state index in [-0.39, 0.29) is 17.9 Å². The molecule has 0 aromatic rings. The molecule has 2 rings (SSSR count). The summed E-state index contributed by atoms with van der Waals surface area (Å²) in [5.41, 5.74) is 0. The predicted molar refractivity (Wildman–Crippen MR) is 59.9 cm³/mol. The molecule has 0 aromatic carbocycles. The van der Waals surface area contributed by atoms with Crippen LogP contribution >= 0.6 is 0 Å². The number of nitrogens with zero attached hydrogens (tertiary/aromatic N) is 1. The van der Waals surface area contributed by atoms with Gasteiger partial charge in [0, 0.05) is 32.7 Å². The Kier molecular flexibility index (Phi) is 3.82. The van der Waals surface area contributed by atoms with E-state index in [0.717, 1.165) is 32.2 Å². The monoisotopic (exact) mass is 227 g/mol. The third-order valence-corrected chi connectivity index (χ3v) is 3.69. The van der Waals surface area contributed by atoms with Crippen LogP contribution in [-0.4, -0.2) is 48.8 Å². The van der Waals surface area contributed by atoms with E-state index in [9.17, 15) is 9.90 Å². The molecule has 4 nitrogen and oxygen atoms in total. The molecule has 1 aliphatic carbocycles. The van der Waals surface area contributed by atoms with Gasteiger partial charge in [-0.3, -0.25) is 4.79 Å². The molecule has 16 heavy (non-hydrogen) atoms. The fraction of sp³-hybridized carbons (Fsp3) is 0.917. The fourth-order valence-corrected chi connectivity index (χ4v) is 2.58. The van der Waals surface area contributed by atoms with Gasteiger partial charge in [-0.05, 0) is 31.6 Å². The van der Waals surface area contributed by atoms with Crippen molar-refractivity contribution in [2.45, 2.75) is 31.8 Å². The summed E-state index contributed by atoms with van der Waals surface area (Å²) < 4.78 is 5.25. The van der Waals surface area contributed by atoms with Crippen molar-refractivity contribution >= 4 is 5.91 Å². The number of hydrogen-bond donors (Lipinski definition) is 1. The summed E-state index contributed by atoms with van der Waals surface area (Å²) in [4.78, 5) is 13.9. The maximum Gasteiger partial charge on any atom is 0.225 e. The van der Waals surface area contributed by atoms with E-state index in [1.54, 1.807) is 0 Å². The first kappa shape index (κ1) is 11.9. The molecule has 0 bridgehead atoms. The minimum absolute atomic E-state index is 0.128. The smallest absolute Gasteiger partial charge is 0.225 e. The molecule has 1 heterocycles. The van der Waals surface area contributed by atoms with Crippen molar-refractivity contribution in [1.29, 1.82) is 0 Å². The summed E-state index contributed by atoms with van der Waals surface area (Å²) in [6.45, 7) is 2.23. The Hall–Kier alpha value is -0.610. The molecule has 0 radical (unpaired) electrons. The highest BCUT2D eigenvalue weighted by Gasteiger charge is 2.31. The van der Waals surface area contributed by atoms with Gasteiger partial charge in [0.15, 0.2) is 0 Å². The number of carbonyl (C=O) groups excluding carboxylic acids is 1. The van der Waals surface area contributed by atoms with Gasteiger partial charge in [-0.2, -0.15) is 0 Å². The number of carbonyl (C=O) groups is 1. The van der Waals surface area contributed by atoms with Crippen molar-refractivity contribution in [3.8, 4) is 0 Å². The summed E-state index contributed by atoms with van der Waals surface area (Å²) in [6, 6.07) is 0. The van der Waals surface area contributed by atoms with Crippen molar-refractivity contribution in [2.24, 2.45) is 11.8 Å². The molecule has 0 spiro atoms. The first-order valence-electron chi connectivity index (χ1n) is 6.17. The second-order valence-electron chi connectivity index (χ2n) is 5.10. The standard InChI is InChI=1S/C12H21NO3/c1-13(8-9-6-11(14)7-9)12(15)10-2-4-16-5-3-10/h9-11,14H,2-8H2,1H3. The molecular weight excluding hydrogens is 206 g/mol. The number of ether oxygens (including phenoxy) is 1.